The number of primary sulfonamides is 1. The van der Waals surface area contributed by atoms with Gasteiger partial charge in [-0.15, -0.1) is 12.3 Å². The van der Waals surface area contributed by atoms with Gasteiger partial charge in [0.2, 0.25) is 10.0 Å². The minimum Gasteiger partial charge on any atom is -0.328 e. The van der Waals surface area contributed by atoms with Crippen molar-refractivity contribution in [1.29, 1.82) is 0 Å². The highest BCUT2D eigenvalue weighted by Gasteiger charge is 2.44. The van der Waals surface area contributed by atoms with Gasteiger partial charge in [-0.1, -0.05) is 5.57 Å². The monoisotopic (exact) mass is 456 g/mol. The van der Waals surface area contributed by atoms with Crippen LogP contribution in [-0.4, -0.2) is 38.7 Å². The molecule has 0 saturated heterocycles. The molecular formula is C21H27F3N4O2S. The molecule has 1 aromatic carbocycles. The van der Waals surface area contributed by atoms with Gasteiger partial charge in [0.15, 0.2) is 6.04 Å². The van der Waals surface area contributed by atoms with Crippen molar-refractivity contribution in [3.8, 4) is 12.3 Å². The Morgan fingerprint density at radius 2 is 1.90 bits per heavy atom. The number of amidine groups is 1. The Labute approximate surface area is 181 Å². The summed E-state index contributed by atoms with van der Waals surface area (Å²) in [4.78, 5) is 9.01. The molecule has 2 N–H and O–H groups in total. The fourth-order valence-corrected chi connectivity index (χ4v) is 3.01. The smallest absolute Gasteiger partial charge is 0.328 e. The zero-order valence-corrected chi connectivity index (χ0v) is 18.8. The zero-order chi connectivity index (χ0) is 23.8. The summed E-state index contributed by atoms with van der Waals surface area (Å²) in [5.74, 6) is 2.83. The predicted octanol–water partition coefficient (Wildman–Crippen LogP) is 4.29. The van der Waals surface area contributed by atoms with Crippen LogP contribution in [0.1, 0.15) is 40.5 Å². The summed E-state index contributed by atoms with van der Waals surface area (Å²) in [7, 11) is -3.82. The van der Waals surface area contributed by atoms with Crippen LogP contribution in [0.25, 0.3) is 0 Å². The van der Waals surface area contributed by atoms with Crippen molar-refractivity contribution in [3.05, 3.63) is 36.0 Å². The maximum absolute atomic E-state index is 12.6. The van der Waals surface area contributed by atoms with Gasteiger partial charge >= 0.3 is 6.18 Å². The van der Waals surface area contributed by atoms with Gasteiger partial charge < -0.3 is 4.90 Å². The number of allylic oxidation sites excluding steroid dienone is 1. The third-order valence-corrected chi connectivity index (χ3v) is 5.08. The molecule has 0 fully saturated rings. The second-order valence-electron chi connectivity index (χ2n) is 7.14. The standard InChI is InChI=1S/C11H12F3N3O2S.C10H15N/c1-7-16-10(11(12,13)14)6-17(7)8-2-4-9(5-3-8)20(15,18)19;1-5-6-7-10(4)8-11-9(2)3/h2-5,10H,6H2,1H3,(H2,15,18,19);1,8H,6-7H2,2-4H3/b;10-8-. The molecule has 0 aliphatic carbocycles. The molecule has 1 aromatic rings. The molecule has 1 aliphatic rings. The van der Waals surface area contributed by atoms with E-state index in [2.05, 4.69) is 15.9 Å². The van der Waals surface area contributed by atoms with Crippen molar-refractivity contribution in [3.63, 3.8) is 0 Å². The van der Waals surface area contributed by atoms with Gasteiger partial charge in [0.1, 0.15) is 5.84 Å². The van der Waals surface area contributed by atoms with Gasteiger partial charge in [0.25, 0.3) is 0 Å². The lowest BCUT2D eigenvalue weighted by Crippen LogP contribution is -2.34. The summed E-state index contributed by atoms with van der Waals surface area (Å²) in [6.07, 6.45) is 4.37. The van der Waals surface area contributed by atoms with E-state index in [-0.39, 0.29) is 17.3 Å². The number of hydrogen-bond acceptors (Lipinski definition) is 5. The van der Waals surface area contributed by atoms with Crippen molar-refractivity contribution in [2.24, 2.45) is 15.1 Å². The van der Waals surface area contributed by atoms with Crippen molar-refractivity contribution >= 4 is 27.3 Å². The molecule has 31 heavy (non-hydrogen) atoms. The molecule has 0 saturated carbocycles. The number of nitrogens with zero attached hydrogens (tertiary/aromatic N) is 3. The summed E-state index contributed by atoms with van der Waals surface area (Å²) in [5.41, 5.74) is 2.75. The van der Waals surface area contributed by atoms with E-state index < -0.39 is 22.2 Å². The Morgan fingerprint density at radius 1 is 1.32 bits per heavy atom. The molecule has 0 amide bonds. The first-order valence-corrected chi connectivity index (χ1v) is 10.9. The van der Waals surface area contributed by atoms with Gasteiger partial charge in [0.05, 0.1) is 11.4 Å². The molecule has 1 aliphatic heterocycles. The molecule has 1 unspecified atom stereocenters. The number of alkyl halides is 3. The highest BCUT2D eigenvalue weighted by Crippen LogP contribution is 2.30. The number of nitrogens with two attached hydrogens (primary N) is 1. The number of rotatable bonds is 5. The average Bonchev–Trinajstić information content (AvgIpc) is 3.07. The molecule has 10 heteroatoms. The van der Waals surface area contributed by atoms with Crippen molar-refractivity contribution < 1.29 is 21.6 Å². The molecule has 1 heterocycles. The van der Waals surface area contributed by atoms with Crippen LogP contribution in [0.3, 0.4) is 0 Å². The van der Waals surface area contributed by atoms with Crippen LogP contribution in [0.5, 0.6) is 0 Å². The number of benzene rings is 1. The van der Waals surface area contributed by atoms with E-state index in [4.69, 9.17) is 11.6 Å². The van der Waals surface area contributed by atoms with Crippen molar-refractivity contribution in [2.45, 2.75) is 57.7 Å². The predicted molar refractivity (Wildman–Crippen MR) is 119 cm³/mol. The summed E-state index contributed by atoms with van der Waals surface area (Å²) in [5, 5.41) is 4.95. The molecule has 0 bridgehead atoms. The second kappa shape index (κ2) is 11.1. The highest BCUT2D eigenvalue weighted by atomic mass is 32.2. The van der Waals surface area contributed by atoms with E-state index in [1.165, 1.54) is 41.7 Å². The van der Waals surface area contributed by atoms with E-state index in [1.54, 1.807) is 0 Å². The molecule has 0 aromatic heterocycles. The third kappa shape index (κ3) is 8.94. The first-order chi connectivity index (χ1) is 14.3. The van der Waals surface area contributed by atoms with E-state index in [9.17, 15) is 21.6 Å². The van der Waals surface area contributed by atoms with Crippen LogP contribution in [-0.2, 0) is 10.0 Å². The molecule has 2 rings (SSSR count). The number of anilines is 1. The largest absolute Gasteiger partial charge is 0.412 e. The summed E-state index contributed by atoms with van der Waals surface area (Å²) < 4.78 is 60.1. The lowest BCUT2D eigenvalue weighted by Gasteiger charge is -2.20. The Morgan fingerprint density at radius 3 is 2.32 bits per heavy atom. The van der Waals surface area contributed by atoms with Gasteiger partial charge in [-0.25, -0.2) is 13.6 Å². The van der Waals surface area contributed by atoms with Gasteiger partial charge in [-0.2, -0.15) is 13.2 Å². The number of halogens is 3. The molecule has 0 radical (unpaired) electrons. The average molecular weight is 457 g/mol. The van der Waals surface area contributed by atoms with E-state index in [0.29, 0.717) is 5.69 Å². The van der Waals surface area contributed by atoms with Crippen molar-refractivity contribution in [2.75, 3.05) is 11.4 Å². The van der Waals surface area contributed by atoms with Crippen molar-refractivity contribution in [1.82, 2.24) is 0 Å². The maximum atomic E-state index is 12.6. The quantitative estimate of drug-likeness (QED) is 0.530. The summed E-state index contributed by atoms with van der Waals surface area (Å²) in [6.45, 7) is 7.16. The minimum absolute atomic E-state index is 0.0950. The number of aliphatic imine (C=N–C) groups is 2. The first kappa shape index (κ1) is 26.4. The van der Waals surface area contributed by atoms with E-state index >= 15 is 0 Å². The lowest BCUT2D eigenvalue weighted by atomic mass is 10.2. The van der Waals surface area contributed by atoms with E-state index in [1.807, 2.05) is 27.0 Å². The Balaban J connectivity index is 0.000000373. The Hall–Kier alpha value is -2.64. The number of sulfonamides is 1. The summed E-state index contributed by atoms with van der Waals surface area (Å²) in [6, 6.07) is 3.53. The second-order valence-corrected chi connectivity index (χ2v) is 8.70. The molecule has 6 nitrogen and oxygen atoms in total. The maximum Gasteiger partial charge on any atom is 0.412 e. The Bertz CT molecular complexity index is 985. The van der Waals surface area contributed by atoms with Gasteiger partial charge in [0, 0.05) is 24.0 Å². The third-order valence-electron chi connectivity index (χ3n) is 4.15. The number of terminal acetylenes is 1. The fraction of sp³-hybridized carbons (Fsp3) is 0.429. The topological polar surface area (TPSA) is 88.1 Å². The van der Waals surface area contributed by atoms with Gasteiger partial charge in [-0.3, -0.25) is 9.98 Å². The lowest BCUT2D eigenvalue weighted by molar-refractivity contribution is -0.142. The molecule has 1 atom stereocenters. The zero-order valence-electron chi connectivity index (χ0n) is 17.9. The number of hydrogen-bond donors (Lipinski definition) is 1. The first-order valence-electron chi connectivity index (χ1n) is 9.37. The van der Waals surface area contributed by atoms with Gasteiger partial charge in [-0.05, 0) is 58.4 Å². The van der Waals surface area contributed by atoms with Crippen LogP contribution in [0.4, 0.5) is 18.9 Å². The van der Waals surface area contributed by atoms with Crippen LogP contribution in [0.15, 0.2) is 50.9 Å². The fourth-order valence-electron chi connectivity index (χ4n) is 2.50. The highest BCUT2D eigenvalue weighted by molar-refractivity contribution is 7.89. The minimum atomic E-state index is -4.39. The van der Waals surface area contributed by atoms with E-state index in [0.717, 1.165) is 18.6 Å². The summed E-state index contributed by atoms with van der Waals surface area (Å²) >= 11 is 0. The van der Waals surface area contributed by atoms with Crippen LogP contribution < -0.4 is 10.0 Å². The Kier molecular flexibility index (Phi) is 9.46. The van der Waals surface area contributed by atoms with Crippen LogP contribution >= 0.6 is 0 Å². The van der Waals surface area contributed by atoms with Crippen LogP contribution in [0.2, 0.25) is 0 Å². The molecule has 170 valence electrons. The normalized spacial score (nSPS) is 16.7. The van der Waals surface area contributed by atoms with Crippen LogP contribution in [0, 0.1) is 12.3 Å². The molecule has 0 spiro atoms. The SMILES string of the molecule is C#CCC/C(C)=C\N=C(C)C.CC1=NC(C(F)(F)F)CN1c1ccc(S(N)(=O)=O)cc1. The molecular weight excluding hydrogens is 429 g/mol.